The van der Waals surface area contributed by atoms with Crippen LogP contribution in [0.15, 0.2) is 0 Å². The first kappa shape index (κ1) is 22.8. The van der Waals surface area contributed by atoms with Crippen molar-refractivity contribution < 1.29 is 28.2 Å². The van der Waals surface area contributed by atoms with Gasteiger partial charge in [0.25, 0.3) is 0 Å². The van der Waals surface area contributed by atoms with Crippen molar-refractivity contribution in [2.75, 3.05) is 46.1 Å². The van der Waals surface area contributed by atoms with Gasteiger partial charge in [-0.1, -0.05) is 0 Å². The molecule has 0 radical (unpaired) electrons. The lowest BCUT2D eigenvalue weighted by atomic mass is 10.4. The average Bonchev–Trinajstić information content (AvgIpc) is 2.52. The molecule has 8 heteroatoms. The zero-order chi connectivity index (χ0) is 18.2. The van der Waals surface area contributed by atoms with Crippen molar-refractivity contribution in [3.05, 3.63) is 0 Å². The van der Waals surface area contributed by atoms with Crippen LogP contribution >= 0.6 is 0 Å². The Morgan fingerprint density at radius 1 is 1.04 bits per heavy atom. The van der Waals surface area contributed by atoms with Crippen LogP contribution in [0.3, 0.4) is 0 Å². The number of carbonyl (C=O) groups excluding carboxylic acids is 2. The van der Waals surface area contributed by atoms with E-state index in [-0.39, 0.29) is 37.7 Å². The summed E-state index contributed by atoms with van der Waals surface area (Å²) in [5.74, 6) is -0.383. The molecular weight excluding hydrogens is 319 g/mol. The number of nitrogens with one attached hydrogen (secondary N) is 2. The van der Waals surface area contributed by atoms with E-state index in [1.165, 1.54) is 6.92 Å². The third kappa shape index (κ3) is 17.1. The van der Waals surface area contributed by atoms with Crippen molar-refractivity contribution in [1.82, 2.24) is 10.6 Å². The van der Waals surface area contributed by atoms with Gasteiger partial charge in [-0.2, -0.15) is 0 Å². The Morgan fingerprint density at radius 2 is 1.71 bits per heavy atom. The molecule has 0 aromatic heterocycles. The first-order valence-corrected chi connectivity index (χ1v) is 8.34. The van der Waals surface area contributed by atoms with Gasteiger partial charge in [-0.15, -0.1) is 0 Å². The molecule has 0 heterocycles. The molecule has 1 unspecified atom stereocenters. The zero-order valence-electron chi connectivity index (χ0n) is 14.9. The molecule has 0 saturated carbocycles. The lowest BCUT2D eigenvalue weighted by Crippen LogP contribution is -2.30. The maximum absolute atomic E-state index is 13.2. The summed E-state index contributed by atoms with van der Waals surface area (Å²) in [5.41, 5.74) is 0. The lowest BCUT2D eigenvalue weighted by Gasteiger charge is -2.10. The van der Waals surface area contributed by atoms with Crippen LogP contribution in [0.5, 0.6) is 0 Å². The molecule has 0 saturated heterocycles. The summed E-state index contributed by atoms with van der Waals surface area (Å²) in [5, 5.41) is 5.13. The Hall–Kier alpha value is -1.25. The Labute approximate surface area is 143 Å². The Balaban J connectivity index is 3.25. The van der Waals surface area contributed by atoms with Gasteiger partial charge in [0.2, 0.25) is 11.8 Å². The minimum Gasteiger partial charge on any atom is -0.381 e. The van der Waals surface area contributed by atoms with E-state index in [1.807, 2.05) is 13.8 Å². The van der Waals surface area contributed by atoms with E-state index >= 15 is 0 Å². The fraction of sp³-hybridized carbons (Fsp3) is 0.875. The predicted molar refractivity (Wildman–Crippen MR) is 88.5 cm³/mol. The SMILES string of the molecule is CC(=O)NCC(F)COCCCOCCCNC(=O)COC(C)C. The smallest absolute Gasteiger partial charge is 0.246 e. The van der Waals surface area contributed by atoms with Crippen LogP contribution in [-0.4, -0.2) is 70.2 Å². The molecule has 142 valence electrons. The van der Waals surface area contributed by atoms with Crippen molar-refractivity contribution in [2.45, 2.75) is 45.9 Å². The van der Waals surface area contributed by atoms with Crippen LogP contribution in [0.1, 0.15) is 33.6 Å². The highest BCUT2D eigenvalue weighted by molar-refractivity contribution is 5.77. The molecule has 0 aliphatic rings. The second-order valence-corrected chi connectivity index (χ2v) is 5.64. The van der Waals surface area contributed by atoms with Crippen LogP contribution in [0.2, 0.25) is 0 Å². The van der Waals surface area contributed by atoms with E-state index < -0.39 is 6.17 Å². The highest BCUT2D eigenvalue weighted by Gasteiger charge is 2.06. The molecule has 0 spiro atoms. The summed E-state index contributed by atoms with van der Waals surface area (Å²) in [7, 11) is 0. The summed E-state index contributed by atoms with van der Waals surface area (Å²) < 4.78 is 28.9. The molecule has 0 bridgehead atoms. The molecule has 7 nitrogen and oxygen atoms in total. The minimum absolute atomic E-state index is 0.0280. The number of hydrogen-bond acceptors (Lipinski definition) is 5. The molecule has 0 fully saturated rings. The molecular formula is C16H31FN2O5. The van der Waals surface area contributed by atoms with Crippen LogP contribution < -0.4 is 10.6 Å². The number of amides is 2. The molecule has 2 amide bonds. The van der Waals surface area contributed by atoms with Gasteiger partial charge in [0.05, 0.1) is 19.3 Å². The van der Waals surface area contributed by atoms with Crippen molar-refractivity contribution in [3.8, 4) is 0 Å². The normalized spacial score (nSPS) is 12.2. The van der Waals surface area contributed by atoms with Crippen LogP contribution in [-0.2, 0) is 23.8 Å². The number of ether oxygens (including phenoxy) is 3. The third-order valence-corrected chi connectivity index (χ3v) is 2.78. The van der Waals surface area contributed by atoms with Gasteiger partial charge in [-0.25, -0.2) is 4.39 Å². The fourth-order valence-corrected chi connectivity index (χ4v) is 1.59. The summed E-state index contributed by atoms with van der Waals surface area (Å²) in [6.07, 6.45) is 0.233. The van der Waals surface area contributed by atoms with Gasteiger partial charge >= 0.3 is 0 Å². The van der Waals surface area contributed by atoms with Gasteiger partial charge in [-0.05, 0) is 26.7 Å². The van der Waals surface area contributed by atoms with Crippen molar-refractivity contribution in [1.29, 1.82) is 0 Å². The Kier molecular flexibility index (Phi) is 14.5. The maximum Gasteiger partial charge on any atom is 0.246 e. The molecule has 0 aliphatic carbocycles. The number of alkyl halides is 1. The average molecular weight is 350 g/mol. The molecule has 0 aromatic carbocycles. The standard InChI is InChI=1S/C16H31FN2O5/c1-13(2)24-12-16(21)18-6-4-7-22-8-5-9-23-11-15(17)10-19-14(3)20/h13,15H,4-12H2,1-3H3,(H,18,21)(H,19,20). The summed E-state index contributed by atoms with van der Waals surface area (Å²) in [6.45, 7) is 7.12. The molecule has 0 aliphatic heterocycles. The van der Waals surface area contributed by atoms with Crippen molar-refractivity contribution >= 4 is 11.8 Å². The van der Waals surface area contributed by atoms with E-state index in [2.05, 4.69) is 10.6 Å². The van der Waals surface area contributed by atoms with Crippen LogP contribution in [0.4, 0.5) is 4.39 Å². The predicted octanol–water partition coefficient (Wildman–Crippen LogP) is 0.815. The third-order valence-electron chi connectivity index (χ3n) is 2.78. The Bertz CT molecular complexity index is 342. The number of carbonyl (C=O) groups is 2. The molecule has 2 N–H and O–H groups in total. The highest BCUT2D eigenvalue weighted by Crippen LogP contribution is 1.93. The largest absolute Gasteiger partial charge is 0.381 e. The number of halogens is 1. The lowest BCUT2D eigenvalue weighted by molar-refractivity contribution is -0.127. The highest BCUT2D eigenvalue weighted by atomic mass is 19.1. The van der Waals surface area contributed by atoms with E-state index in [1.54, 1.807) is 0 Å². The van der Waals surface area contributed by atoms with Crippen LogP contribution in [0, 0.1) is 0 Å². The second-order valence-electron chi connectivity index (χ2n) is 5.64. The van der Waals surface area contributed by atoms with E-state index in [4.69, 9.17) is 14.2 Å². The summed E-state index contributed by atoms with van der Waals surface area (Å²) in [4.78, 5) is 21.9. The molecule has 24 heavy (non-hydrogen) atoms. The first-order chi connectivity index (χ1) is 11.4. The molecule has 1 atom stereocenters. The van der Waals surface area contributed by atoms with E-state index in [0.29, 0.717) is 32.8 Å². The van der Waals surface area contributed by atoms with Gasteiger partial charge in [0, 0.05) is 33.3 Å². The molecule has 0 rings (SSSR count). The Morgan fingerprint density at radius 3 is 2.38 bits per heavy atom. The summed E-state index contributed by atoms with van der Waals surface area (Å²) in [6, 6.07) is 0. The maximum atomic E-state index is 13.2. The fourth-order valence-electron chi connectivity index (χ4n) is 1.59. The topological polar surface area (TPSA) is 85.9 Å². The van der Waals surface area contributed by atoms with Gasteiger partial charge in [0.15, 0.2) is 0 Å². The number of hydrogen-bond donors (Lipinski definition) is 2. The monoisotopic (exact) mass is 350 g/mol. The number of rotatable bonds is 15. The molecule has 0 aromatic rings. The van der Waals surface area contributed by atoms with Crippen molar-refractivity contribution in [2.24, 2.45) is 0 Å². The van der Waals surface area contributed by atoms with Gasteiger partial charge in [0.1, 0.15) is 12.8 Å². The van der Waals surface area contributed by atoms with E-state index in [0.717, 1.165) is 6.42 Å². The minimum atomic E-state index is -1.20. The quantitative estimate of drug-likeness (QED) is 0.427. The first-order valence-electron chi connectivity index (χ1n) is 8.34. The summed E-state index contributed by atoms with van der Waals surface area (Å²) >= 11 is 0. The zero-order valence-corrected chi connectivity index (χ0v) is 14.9. The van der Waals surface area contributed by atoms with E-state index in [9.17, 15) is 14.0 Å². The second kappa shape index (κ2) is 15.3. The van der Waals surface area contributed by atoms with Gasteiger partial charge in [-0.3, -0.25) is 9.59 Å². The van der Waals surface area contributed by atoms with Crippen LogP contribution in [0.25, 0.3) is 0 Å². The van der Waals surface area contributed by atoms with Crippen molar-refractivity contribution in [3.63, 3.8) is 0 Å². The van der Waals surface area contributed by atoms with Gasteiger partial charge < -0.3 is 24.8 Å².